The number of halogens is 1. The maximum atomic E-state index is 13.5. The van der Waals surface area contributed by atoms with Crippen LogP contribution in [0.15, 0.2) is 24.3 Å². The third kappa shape index (κ3) is 3.53. The Bertz CT molecular complexity index is 381. The van der Waals surface area contributed by atoms with Crippen molar-refractivity contribution in [1.29, 1.82) is 0 Å². The lowest BCUT2D eigenvalue weighted by atomic mass is 9.95. The van der Waals surface area contributed by atoms with Gasteiger partial charge in [0.05, 0.1) is 6.10 Å². The molecule has 0 aliphatic carbocycles. The topological polar surface area (TPSA) is 21.3 Å². The number of hydrogen-bond donors (Lipinski definition) is 1. The molecule has 1 aromatic rings. The Hall–Kier alpha value is -0.930. The van der Waals surface area contributed by atoms with Gasteiger partial charge in [-0.2, -0.15) is 0 Å². The molecule has 1 N–H and O–H groups in total. The molecule has 18 heavy (non-hydrogen) atoms. The lowest BCUT2D eigenvalue weighted by molar-refractivity contribution is -0.0246. The maximum Gasteiger partial charge on any atom is 0.127 e. The molecule has 1 fully saturated rings. The van der Waals surface area contributed by atoms with Crippen LogP contribution in [-0.2, 0) is 11.3 Å². The minimum atomic E-state index is -0.127. The van der Waals surface area contributed by atoms with Crippen LogP contribution >= 0.6 is 0 Å². The summed E-state index contributed by atoms with van der Waals surface area (Å²) in [4.78, 5) is 0. The SMILES string of the molecule is CC(C)C1CC(NCc2ccccc2F)CCO1. The number of ether oxygens (including phenoxy) is 1. The molecule has 2 nitrogen and oxygen atoms in total. The van der Waals surface area contributed by atoms with Gasteiger partial charge in [0, 0.05) is 24.8 Å². The molecule has 2 rings (SSSR count). The number of nitrogens with one attached hydrogen (secondary N) is 1. The van der Waals surface area contributed by atoms with Crippen LogP contribution in [0, 0.1) is 11.7 Å². The molecule has 1 aliphatic rings. The van der Waals surface area contributed by atoms with Gasteiger partial charge in [0.2, 0.25) is 0 Å². The van der Waals surface area contributed by atoms with E-state index in [1.807, 2.05) is 12.1 Å². The van der Waals surface area contributed by atoms with Crippen LogP contribution in [-0.4, -0.2) is 18.8 Å². The Morgan fingerprint density at radius 1 is 1.39 bits per heavy atom. The van der Waals surface area contributed by atoms with Gasteiger partial charge in [-0.05, 0) is 24.8 Å². The van der Waals surface area contributed by atoms with Gasteiger partial charge in [0.15, 0.2) is 0 Å². The molecule has 0 amide bonds. The first-order valence-corrected chi connectivity index (χ1v) is 6.75. The average Bonchev–Trinajstić information content (AvgIpc) is 2.38. The first-order chi connectivity index (χ1) is 8.66. The lowest BCUT2D eigenvalue weighted by Crippen LogP contribution is -2.40. The van der Waals surface area contributed by atoms with E-state index in [0.29, 0.717) is 24.6 Å². The zero-order valence-corrected chi connectivity index (χ0v) is 11.2. The van der Waals surface area contributed by atoms with E-state index in [2.05, 4.69) is 19.2 Å². The smallest absolute Gasteiger partial charge is 0.127 e. The Kier molecular flexibility index (Phi) is 4.72. The second-order valence-corrected chi connectivity index (χ2v) is 5.35. The molecule has 100 valence electrons. The monoisotopic (exact) mass is 251 g/mol. The first kappa shape index (κ1) is 13.5. The Morgan fingerprint density at radius 3 is 2.89 bits per heavy atom. The fourth-order valence-electron chi connectivity index (χ4n) is 2.37. The molecule has 1 aliphatic heterocycles. The van der Waals surface area contributed by atoms with Crippen LogP contribution in [0.5, 0.6) is 0 Å². The predicted molar refractivity (Wildman–Crippen MR) is 70.8 cm³/mol. The lowest BCUT2D eigenvalue weighted by Gasteiger charge is -2.32. The summed E-state index contributed by atoms with van der Waals surface area (Å²) in [5.74, 6) is 0.417. The van der Waals surface area contributed by atoms with E-state index in [1.165, 1.54) is 6.07 Å². The van der Waals surface area contributed by atoms with Gasteiger partial charge in [0.25, 0.3) is 0 Å². The molecular weight excluding hydrogens is 229 g/mol. The highest BCUT2D eigenvalue weighted by Gasteiger charge is 2.24. The van der Waals surface area contributed by atoms with Crippen molar-refractivity contribution >= 4 is 0 Å². The van der Waals surface area contributed by atoms with Crippen LogP contribution in [0.4, 0.5) is 4.39 Å². The Labute approximate surface area is 109 Å². The Morgan fingerprint density at radius 2 is 2.17 bits per heavy atom. The zero-order valence-electron chi connectivity index (χ0n) is 11.2. The number of rotatable bonds is 4. The summed E-state index contributed by atoms with van der Waals surface area (Å²) >= 11 is 0. The van der Waals surface area contributed by atoms with Crippen molar-refractivity contribution in [3.63, 3.8) is 0 Å². The zero-order chi connectivity index (χ0) is 13.0. The second kappa shape index (κ2) is 6.30. The minimum absolute atomic E-state index is 0.127. The minimum Gasteiger partial charge on any atom is -0.378 e. The molecule has 0 radical (unpaired) electrons. The highest BCUT2D eigenvalue weighted by Crippen LogP contribution is 2.20. The van der Waals surface area contributed by atoms with Crippen molar-refractivity contribution < 1.29 is 9.13 Å². The van der Waals surface area contributed by atoms with Crippen LogP contribution in [0.2, 0.25) is 0 Å². The van der Waals surface area contributed by atoms with Crippen LogP contribution < -0.4 is 5.32 Å². The predicted octanol–water partition coefficient (Wildman–Crippen LogP) is 3.12. The molecular formula is C15H22FNO. The van der Waals surface area contributed by atoms with Crippen LogP contribution in [0.3, 0.4) is 0 Å². The van der Waals surface area contributed by atoms with Crippen molar-refractivity contribution in [3.8, 4) is 0 Å². The van der Waals surface area contributed by atoms with Gasteiger partial charge in [0.1, 0.15) is 5.82 Å². The van der Waals surface area contributed by atoms with Crippen LogP contribution in [0.1, 0.15) is 32.3 Å². The largest absolute Gasteiger partial charge is 0.378 e. The van der Waals surface area contributed by atoms with Crippen molar-refractivity contribution in [2.45, 2.75) is 45.4 Å². The molecule has 0 aromatic heterocycles. The van der Waals surface area contributed by atoms with E-state index in [0.717, 1.165) is 25.0 Å². The average molecular weight is 251 g/mol. The summed E-state index contributed by atoms with van der Waals surface area (Å²) in [5.41, 5.74) is 0.741. The van der Waals surface area contributed by atoms with Crippen molar-refractivity contribution in [2.75, 3.05) is 6.61 Å². The first-order valence-electron chi connectivity index (χ1n) is 6.75. The normalized spacial score (nSPS) is 24.4. The van der Waals surface area contributed by atoms with Gasteiger partial charge < -0.3 is 10.1 Å². The van der Waals surface area contributed by atoms with E-state index in [1.54, 1.807) is 6.07 Å². The fraction of sp³-hybridized carbons (Fsp3) is 0.600. The fourth-order valence-corrected chi connectivity index (χ4v) is 2.37. The van der Waals surface area contributed by atoms with Gasteiger partial charge in [-0.25, -0.2) is 4.39 Å². The highest BCUT2D eigenvalue weighted by atomic mass is 19.1. The molecule has 1 saturated heterocycles. The third-order valence-electron chi connectivity index (χ3n) is 3.60. The van der Waals surface area contributed by atoms with Crippen molar-refractivity contribution in [1.82, 2.24) is 5.32 Å². The summed E-state index contributed by atoms with van der Waals surface area (Å²) in [7, 11) is 0. The standard InChI is InChI=1S/C15H22FNO/c1-11(2)15-9-13(7-8-18-15)17-10-12-5-3-4-6-14(12)16/h3-6,11,13,15,17H,7-10H2,1-2H3. The highest BCUT2D eigenvalue weighted by molar-refractivity contribution is 5.17. The van der Waals surface area contributed by atoms with Gasteiger partial charge >= 0.3 is 0 Å². The van der Waals surface area contributed by atoms with Crippen molar-refractivity contribution in [2.24, 2.45) is 5.92 Å². The molecule has 2 unspecified atom stereocenters. The molecule has 2 atom stereocenters. The second-order valence-electron chi connectivity index (χ2n) is 5.35. The summed E-state index contributed by atoms with van der Waals surface area (Å²) in [5, 5.41) is 3.44. The third-order valence-corrected chi connectivity index (χ3v) is 3.60. The molecule has 1 heterocycles. The van der Waals surface area contributed by atoms with Crippen LogP contribution in [0.25, 0.3) is 0 Å². The number of hydrogen-bond acceptors (Lipinski definition) is 2. The van der Waals surface area contributed by atoms with E-state index in [-0.39, 0.29) is 5.82 Å². The summed E-state index contributed by atoms with van der Waals surface area (Å²) in [6, 6.07) is 7.38. The van der Waals surface area contributed by atoms with E-state index < -0.39 is 0 Å². The number of benzene rings is 1. The molecule has 0 saturated carbocycles. The van der Waals surface area contributed by atoms with E-state index in [9.17, 15) is 4.39 Å². The van der Waals surface area contributed by atoms with E-state index >= 15 is 0 Å². The van der Waals surface area contributed by atoms with Gasteiger partial charge in [-0.3, -0.25) is 0 Å². The van der Waals surface area contributed by atoms with Gasteiger partial charge in [-0.1, -0.05) is 32.0 Å². The maximum absolute atomic E-state index is 13.5. The van der Waals surface area contributed by atoms with E-state index in [4.69, 9.17) is 4.74 Å². The summed E-state index contributed by atoms with van der Waals surface area (Å²) < 4.78 is 19.2. The van der Waals surface area contributed by atoms with Gasteiger partial charge in [-0.15, -0.1) is 0 Å². The molecule has 0 bridgehead atoms. The molecule has 1 aromatic carbocycles. The molecule has 3 heteroatoms. The molecule has 0 spiro atoms. The quantitative estimate of drug-likeness (QED) is 0.887. The summed E-state index contributed by atoms with van der Waals surface area (Å²) in [6.07, 6.45) is 2.36. The van der Waals surface area contributed by atoms with Crippen molar-refractivity contribution in [3.05, 3.63) is 35.6 Å². The summed E-state index contributed by atoms with van der Waals surface area (Å²) in [6.45, 7) is 5.77. The Balaban J connectivity index is 1.85.